The van der Waals surface area contributed by atoms with Crippen LogP contribution in [0.1, 0.15) is 28.7 Å². The average Bonchev–Trinajstić information content (AvgIpc) is 2.47. The number of anilines is 1. The Morgan fingerprint density at radius 1 is 1.33 bits per heavy atom. The van der Waals surface area contributed by atoms with Gasteiger partial charge in [-0.15, -0.1) is 0 Å². The number of aromatic nitrogens is 2. The summed E-state index contributed by atoms with van der Waals surface area (Å²) in [4.78, 5) is 19.4. The highest BCUT2D eigenvalue weighted by Gasteiger charge is 2.27. The molecule has 0 saturated carbocycles. The van der Waals surface area contributed by atoms with E-state index in [9.17, 15) is 9.90 Å². The van der Waals surface area contributed by atoms with Crippen molar-refractivity contribution in [3.05, 3.63) is 52.4 Å². The predicted octanol–water partition coefficient (Wildman–Crippen LogP) is 2.57. The molecule has 6 heteroatoms. The number of nitrogens with one attached hydrogen (secondary N) is 1. The van der Waals surface area contributed by atoms with Gasteiger partial charge in [-0.2, -0.15) is 0 Å². The van der Waals surface area contributed by atoms with Crippen LogP contribution in [0, 0.1) is 6.92 Å². The maximum absolute atomic E-state index is 11.2. The average molecular weight is 306 g/mol. The van der Waals surface area contributed by atoms with Crippen molar-refractivity contribution in [3.63, 3.8) is 0 Å². The van der Waals surface area contributed by atoms with Crippen molar-refractivity contribution >= 4 is 23.7 Å². The molecule has 21 heavy (non-hydrogen) atoms. The molecule has 2 rings (SSSR count). The molecule has 1 aromatic carbocycles. The van der Waals surface area contributed by atoms with Gasteiger partial charge in [-0.1, -0.05) is 41.9 Å². The van der Waals surface area contributed by atoms with E-state index in [1.165, 1.54) is 0 Å². The Morgan fingerprint density at radius 3 is 2.57 bits per heavy atom. The van der Waals surface area contributed by atoms with Crippen molar-refractivity contribution in [2.45, 2.75) is 19.4 Å². The van der Waals surface area contributed by atoms with Crippen LogP contribution in [-0.2, 0) is 5.54 Å². The lowest BCUT2D eigenvalue weighted by atomic mass is 9.93. The first-order valence-corrected chi connectivity index (χ1v) is 6.82. The van der Waals surface area contributed by atoms with E-state index in [0.717, 1.165) is 5.56 Å². The van der Waals surface area contributed by atoms with Gasteiger partial charge < -0.3 is 10.4 Å². The van der Waals surface area contributed by atoms with Gasteiger partial charge in [0.2, 0.25) is 0 Å². The number of carbonyl (C=O) groups excluding carboxylic acids is 1. The molecule has 110 valence electrons. The monoisotopic (exact) mass is 305 g/mol. The molecule has 2 aromatic rings. The summed E-state index contributed by atoms with van der Waals surface area (Å²) < 4.78 is 0. The van der Waals surface area contributed by atoms with E-state index >= 15 is 0 Å². The van der Waals surface area contributed by atoms with Gasteiger partial charge >= 0.3 is 0 Å². The second-order valence-electron chi connectivity index (χ2n) is 4.92. The number of hydrogen-bond acceptors (Lipinski definition) is 5. The number of nitrogens with zero attached hydrogens (tertiary/aromatic N) is 2. The molecule has 0 bridgehead atoms. The van der Waals surface area contributed by atoms with E-state index in [4.69, 9.17) is 11.6 Å². The number of halogens is 1. The Hall–Kier alpha value is -1.98. The zero-order chi connectivity index (χ0) is 15.5. The van der Waals surface area contributed by atoms with Crippen LogP contribution in [0.5, 0.6) is 0 Å². The van der Waals surface area contributed by atoms with Crippen LogP contribution < -0.4 is 5.32 Å². The molecule has 0 saturated heterocycles. The summed E-state index contributed by atoms with van der Waals surface area (Å²) in [6.45, 7) is 3.34. The maximum Gasteiger partial charge on any atom is 0.156 e. The molecule has 0 aliphatic carbocycles. The van der Waals surface area contributed by atoms with Gasteiger partial charge in [-0.05, 0) is 19.4 Å². The lowest BCUT2D eigenvalue weighted by molar-refractivity contribution is 0.112. The van der Waals surface area contributed by atoms with E-state index in [0.29, 0.717) is 17.9 Å². The van der Waals surface area contributed by atoms with E-state index in [1.54, 1.807) is 6.92 Å². The van der Waals surface area contributed by atoms with E-state index in [2.05, 4.69) is 15.3 Å². The topological polar surface area (TPSA) is 75.1 Å². The molecular formula is C15H16ClN3O2. The fourth-order valence-electron chi connectivity index (χ4n) is 2.02. The second-order valence-corrected chi connectivity index (χ2v) is 5.28. The minimum absolute atomic E-state index is 0.0911. The van der Waals surface area contributed by atoms with Crippen molar-refractivity contribution in [1.29, 1.82) is 0 Å². The Kier molecular flexibility index (Phi) is 4.55. The third-order valence-corrected chi connectivity index (χ3v) is 3.54. The normalized spacial score (nSPS) is 13.5. The number of hydrogen-bond donors (Lipinski definition) is 2. The summed E-state index contributed by atoms with van der Waals surface area (Å²) >= 11 is 5.97. The molecule has 1 unspecified atom stereocenters. The first-order valence-electron chi connectivity index (χ1n) is 6.44. The van der Waals surface area contributed by atoms with Crippen molar-refractivity contribution < 1.29 is 9.90 Å². The molecule has 1 heterocycles. The third kappa shape index (κ3) is 3.20. The summed E-state index contributed by atoms with van der Waals surface area (Å²) in [5, 5.41) is 13.0. The zero-order valence-electron chi connectivity index (χ0n) is 11.8. The van der Waals surface area contributed by atoms with Crippen LogP contribution in [0.25, 0.3) is 0 Å². The molecule has 5 nitrogen and oxygen atoms in total. The molecule has 1 aromatic heterocycles. The highest BCUT2D eigenvalue weighted by atomic mass is 35.5. The fourth-order valence-corrected chi connectivity index (χ4v) is 2.27. The molecule has 0 aliphatic heterocycles. The first kappa shape index (κ1) is 15.4. The van der Waals surface area contributed by atoms with E-state index < -0.39 is 5.54 Å². The summed E-state index contributed by atoms with van der Waals surface area (Å²) in [6.07, 6.45) is 0.604. The number of aliphatic hydroxyl groups excluding tert-OH is 1. The Labute approximate surface area is 128 Å². The number of aryl methyl sites for hydroxylation is 1. The summed E-state index contributed by atoms with van der Waals surface area (Å²) in [5.41, 5.74) is 0.262. The fraction of sp³-hybridized carbons (Fsp3) is 0.267. The van der Waals surface area contributed by atoms with E-state index in [-0.39, 0.29) is 17.3 Å². The van der Waals surface area contributed by atoms with Gasteiger partial charge in [-0.25, -0.2) is 9.97 Å². The maximum atomic E-state index is 11.2. The van der Waals surface area contributed by atoms with Gasteiger partial charge in [0.15, 0.2) is 6.29 Å². The van der Waals surface area contributed by atoms with Crippen LogP contribution in [0.15, 0.2) is 30.3 Å². The molecule has 0 amide bonds. The number of carbonyl (C=O) groups is 1. The zero-order valence-corrected chi connectivity index (χ0v) is 12.6. The predicted molar refractivity (Wildman–Crippen MR) is 81.7 cm³/mol. The quantitative estimate of drug-likeness (QED) is 0.656. The minimum Gasteiger partial charge on any atom is -0.394 e. The largest absolute Gasteiger partial charge is 0.394 e. The van der Waals surface area contributed by atoms with Crippen LogP contribution in [-0.4, -0.2) is 28.0 Å². The number of rotatable bonds is 5. The third-order valence-electron chi connectivity index (χ3n) is 3.25. The lowest BCUT2D eigenvalue weighted by Crippen LogP contribution is -2.36. The van der Waals surface area contributed by atoms with Crippen LogP contribution in [0.2, 0.25) is 5.15 Å². The van der Waals surface area contributed by atoms with Gasteiger partial charge in [0.1, 0.15) is 16.8 Å². The molecule has 1 atom stereocenters. The van der Waals surface area contributed by atoms with Crippen molar-refractivity contribution in [3.8, 4) is 0 Å². The van der Waals surface area contributed by atoms with E-state index in [1.807, 2.05) is 37.3 Å². The molecule has 0 radical (unpaired) electrons. The van der Waals surface area contributed by atoms with Gasteiger partial charge in [0.25, 0.3) is 0 Å². The number of aldehydes is 1. The number of benzene rings is 1. The number of aliphatic hydroxyl groups is 1. The van der Waals surface area contributed by atoms with Gasteiger partial charge in [0, 0.05) is 0 Å². The highest BCUT2D eigenvalue weighted by Crippen LogP contribution is 2.28. The summed E-state index contributed by atoms with van der Waals surface area (Å²) in [6, 6.07) is 9.43. The first-order chi connectivity index (χ1) is 10.00. The highest BCUT2D eigenvalue weighted by molar-refractivity contribution is 6.32. The van der Waals surface area contributed by atoms with Crippen LogP contribution in [0.3, 0.4) is 0 Å². The lowest BCUT2D eigenvalue weighted by Gasteiger charge is -2.30. The minimum atomic E-state index is -0.789. The smallest absolute Gasteiger partial charge is 0.156 e. The van der Waals surface area contributed by atoms with Crippen molar-refractivity contribution in [2.24, 2.45) is 0 Å². The molecular weight excluding hydrogens is 290 g/mol. The van der Waals surface area contributed by atoms with Gasteiger partial charge in [-0.3, -0.25) is 4.79 Å². The molecule has 0 fully saturated rings. The Bertz CT molecular complexity index is 649. The molecule has 0 spiro atoms. The Balaban J connectivity index is 2.46. The van der Waals surface area contributed by atoms with Crippen molar-refractivity contribution in [2.75, 3.05) is 11.9 Å². The van der Waals surface area contributed by atoms with Crippen LogP contribution in [0.4, 0.5) is 5.82 Å². The Morgan fingerprint density at radius 2 is 2.00 bits per heavy atom. The van der Waals surface area contributed by atoms with Crippen molar-refractivity contribution in [1.82, 2.24) is 9.97 Å². The van der Waals surface area contributed by atoms with Gasteiger partial charge in [0.05, 0.1) is 17.7 Å². The molecule has 2 N–H and O–H groups in total. The van der Waals surface area contributed by atoms with Crippen LogP contribution >= 0.6 is 11.6 Å². The summed E-state index contributed by atoms with van der Waals surface area (Å²) in [7, 11) is 0. The molecule has 0 aliphatic rings. The second kappa shape index (κ2) is 6.20. The SMILES string of the molecule is Cc1nc(Cl)c(C=O)c(NC(C)(CO)c2ccccc2)n1. The standard InChI is InChI=1S/C15H16ClN3O2/c1-10-17-13(16)12(8-20)14(18-10)19-15(2,9-21)11-6-4-3-5-7-11/h3-8,21H,9H2,1-2H3,(H,17,18,19). The summed E-state index contributed by atoms with van der Waals surface area (Å²) in [5.74, 6) is 0.754.